The molecule has 5 rings (SSSR count). The molecule has 0 spiro atoms. The van der Waals surface area contributed by atoms with Gasteiger partial charge in [-0.3, -0.25) is 0 Å². The van der Waals surface area contributed by atoms with E-state index in [1.807, 2.05) is 41.2 Å². The van der Waals surface area contributed by atoms with Crippen molar-refractivity contribution in [1.82, 2.24) is 14.9 Å². The molecule has 188 valence electrons. The molecule has 1 aliphatic rings. The zero-order chi connectivity index (χ0) is 25.3. The summed E-state index contributed by atoms with van der Waals surface area (Å²) >= 11 is 0. The van der Waals surface area contributed by atoms with Crippen LogP contribution in [0.5, 0.6) is 5.75 Å². The fourth-order valence-electron chi connectivity index (χ4n) is 4.88. The van der Waals surface area contributed by atoms with Crippen LogP contribution in [0.1, 0.15) is 36.0 Å². The molecular weight excluding hydrogens is 465 g/mol. The van der Waals surface area contributed by atoms with Crippen LogP contribution in [-0.2, 0) is 12.7 Å². The molecule has 1 saturated carbocycles. The van der Waals surface area contributed by atoms with E-state index in [-0.39, 0.29) is 0 Å². The highest BCUT2D eigenvalue weighted by Gasteiger charge is 2.30. The number of nitrogens with one attached hydrogen (secondary N) is 2. The number of benzene rings is 2. The molecule has 1 aliphatic carbocycles. The molecule has 5 nitrogen and oxygen atoms in total. The van der Waals surface area contributed by atoms with E-state index in [0.29, 0.717) is 24.3 Å². The number of hydrogen-bond donors (Lipinski definition) is 2. The minimum atomic E-state index is -4.32. The molecule has 8 heteroatoms. The van der Waals surface area contributed by atoms with Crippen molar-refractivity contribution in [2.75, 3.05) is 12.4 Å². The zero-order valence-corrected chi connectivity index (χ0v) is 20.3. The second-order valence-electron chi connectivity index (χ2n) is 9.41. The van der Waals surface area contributed by atoms with Crippen LogP contribution in [0.25, 0.3) is 16.6 Å². The Hall–Kier alpha value is -3.52. The van der Waals surface area contributed by atoms with Crippen molar-refractivity contribution >= 4 is 16.7 Å². The number of methoxy groups -OCH3 is 1. The standard InChI is InChI=1S/C28H29F3N4O/c1-18-13-27(34-26-15-24(36-2)9-10-25(18)26)33-22-6-5-21(14-22)32-16-19-11-12-35(17-19)23-7-3-20(4-8-23)28(29,30)31/h3-4,7-13,15,17,21-22,32H,5-6,14,16H2,1-2H3,(H,33,34)/t21-,22-/m0/s1. The van der Waals surface area contributed by atoms with Crippen LogP contribution in [0.2, 0.25) is 0 Å². The third-order valence-electron chi connectivity index (χ3n) is 6.85. The number of nitrogens with zero attached hydrogens (tertiary/aromatic N) is 2. The first kappa shape index (κ1) is 24.2. The van der Waals surface area contributed by atoms with Crippen LogP contribution in [0.4, 0.5) is 19.0 Å². The van der Waals surface area contributed by atoms with Gasteiger partial charge in [0.2, 0.25) is 0 Å². The molecule has 0 radical (unpaired) electrons. The Morgan fingerprint density at radius 3 is 2.56 bits per heavy atom. The lowest BCUT2D eigenvalue weighted by Gasteiger charge is -2.16. The van der Waals surface area contributed by atoms with Gasteiger partial charge in [-0.15, -0.1) is 0 Å². The van der Waals surface area contributed by atoms with Crippen molar-refractivity contribution in [2.45, 2.75) is 51.0 Å². The summed E-state index contributed by atoms with van der Waals surface area (Å²) in [7, 11) is 1.66. The monoisotopic (exact) mass is 494 g/mol. The first-order chi connectivity index (χ1) is 17.3. The maximum Gasteiger partial charge on any atom is 0.416 e. The molecule has 0 bridgehead atoms. The molecule has 2 N–H and O–H groups in total. The maximum atomic E-state index is 12.8. The molecule has 0 saturated heterocycles. The third kappa shape index (κ3) is 5.33. The Kier molecular flexibility index (Phi) is 6.62. The van der Waals surface area contributed by atoms with Gasteiger partial charge in [-0.1, -0.05) is 0 Å². The molecule has 2 heterocycles. The van der Waals surface area contributed by atoms with Crippen LogP contribution in [0.15, 0.2) is 67.0 Å². The fraction of sp³-hybridized carbons (Fsp3) is 0.321. The van der Waals surface area contributed by atoms with Gasteiger partial charge in [-0.05, 0) is 85.8 Å². The van der Waals surface area contributed by atoms with E-state index in [2.05, 4.69) is 23.6 Å². The largest absolute Gasteiger partial charge is 0.497 e. The van der Waals surface area contributed by atoms with Gasteiger partial charge in [-0.2, -0.15) is 13.2 Å². The van der Waals surface area contributed by atoms with Gasteiger partial charge in [-0.25, -0.2) is 4.98 Å². The lowest BCUT2D eigenvalue weighted by Crippen LogP contribution is -2.27. The number of hydrogen-bond acceptors (Lipinski definition) is 4. The fourth-order valence-corrected chi connectivity index (χ4v) is 4.88. The number of rotatable bonds is 7. The molecule has 2 aromatic heterocycles. The molecule has 0 amide bonds. The summed E-state index contributed by atoms with van der Waals surface area (Å²) in [5.41, 5.74) is 3.25. The number of fused-ring (bicyclic) bond motifs is 1. The average molecular weight is 495 g/mol. The van der Waals surface area contributed by atoms with E-state index < -0.39 is 11.7 Å². The van der Waals surface area contributed by atoms with Crippen molar-refractivity contribution < 1.29 is 17.9 Å². The first-order valence-electron chi connectivity index (χ1n) is 12.1. The maximum absolute atomic E-state index is 12.8. The minimum absolute atomic E-state index is 0.342. The smallest absolute Gasteiger partial charge is 0.416 e. The third-order valence-corrected chi connectivity index (χ3v) is 6.85. The SMILES string of the molecule is COc1ccc2c(C)cc(N[C@H]3CC[C@H](NCc4ccn(-c5ccc(C(F)(F)F)cc5)c4)C3)nc2c1. The summed E-state index contributed by atoms with van der Waals surface area (Å²) in [6.45, 7) is 2.80. The lowest BCUT2D eigenvalue weighted by molar-refractivity contribution is -0.137. The van der Waals surface area contributed by atoms with E-state index in [4.69, 9.17) is 9.72 Å². The summed E-state index contributed by atoms with van der Waals surface area (Å²) in [5.74, 6) is 1.68. The zero-order valence-electron chi connectivity index (χ0n) is 20.3. The quantitative estimate of drug-likeness (QED) is 0.309. The van der Waals surface area contributed by atoms with E-state index >= 15 is 0 Å². The van der Waals surface area contributed by atoms with Crippen LogP contribution < -0.4 is 15.4 Å². The van der Waals surface area contributed by atoms with Crippen molar-refractivity contribution in [3.63, 3.8) is 0 Å². The molecule has 2 atom stereocenters. The molecule has 0 aliphatic heterocycles. The van der Waals surface area contributed by atoms with Crippen molar-refractivity contribution in [2.24, 2.45) is 0 Å². The first-order valence-corrected chi connectivity index (χ1v) is 12.1. The number of ether oxygens (including phenoxy) is 1. The van der Waals surface area contributed by atoms with Crippen molar-refractivity contribution in [1.29, 1.82) is 0 Å². The average Bonchev–Trinajstić information content (AvgIpc) is 3.51. The predicted molar refractivity (Wildman–Crippen MR) is 136 cm³/mol. The molecule has 1 fully saturated rings. The van der Waals surface area contributed by atoms with Crippen molar-refractivity contribution in [3.8, 4) is 11.4 Å². The van der Waals surface area contributed by atoms with Crippen LogP contribution >= 0.6 is 0 Å². The summed E-state index contributed by atoms with van der Waals surface area (Å²) < 4.78 is 45.6. The van der Waals surface area contributed by atoms with Gasteiger partial charge in [0.15, 0.2) is 0 Å². The van der Waals surface area contributed by atoms with Crippen LogP contribution in [-0.4, -0.2) is 28.7 Å². The Morgan fingerprint density at radius 2 is 1.81 bits per heavy atom. The van der Waals surface area contributed by atoms with E-state index in [1.54, 1.807) is 7.11 Å². The van der Waals surface area contributed by atoms with E-state index in [0.717, 1.165) is 59.4 Å². The Bertz CT molecular complexity index is 1350. The molecule has 2 aromatic carbocycles. The second-order valence-corrected chi connectivity index (χ2v) is 9.41. The van der Waals surface area contributed by atoms with Gasteiger partial charge in [0.1, 0.15) is 11.6 Å². The van der Waals surface area contributed by atoms with Crippen molar-refractivity contribution in [3.05, 3.63) is 83.7 Å². The molecular formula is C28H29F3N4O. The van der Waals surface area contributed by atoms with Gasteiger partial charge < -0.3 is 19.9 Å². The van der Waals surface area contributed by atoms with Crippen LogP contribution in [0.3, 0.4) is 0 Å². The summed E-state index contributed by atoms with van der Waals surface area (Å²) in [5, 5.41) is 8.35. The van der Waals surface area contributed by atoms with E-state index in [1.165, 1.54) is 17.7 Å². The predicted octanol–water partition coefficient (Wildman–Crippen LogP) is 6.48. The minimum Gasteiger partial charge on any atom is -0.497 e. The highest BCUT2D eigenvalue weighted by Crippen LogP contribution is 2.30. The normalized spacial score (nSPS) is 18.0. The second kappa shape index (κ2) is 9.85. The highest BCUT2D eigenvalue weighted by atomic mass is 19.4. The number of halogens is 3. The summed E-state index contributed by atoms with van der Waals surface area (Å²) in [6, 6.07) is 16.0. The lowest BCUT2D eigenvalue weighted by atomic mass is 10.1. The van der Waals surface area contributed by atoms with Gasteiger partial charge >= 0.3 is 6.18 Å². The Labute approximate surface area is 208 Å². The number of pyridine rings is 1. The van der Waals surface area contributed by atoms with Gasteiger partial charge in [0.25, 0.3) is 0 Å². The highest BCUT2D eigenvalue weighted by molar-refractivity contribution is 5.85. The Balaban J connectivity index is 1.16. The van der Waals surface area contributed by atoms with E-state index in [9.17, 15) is 13.2 Å². The number of alkyl halides is 3. The van der Waals surface area contributed by atoms with Crippen LogP contribution in [0, 0.1) is 6.92 Å². The summed E-state index contributed by atoms with van der Waals surface area (Å²) in [6.07, 6.45) is 2.63. The van der Waals surface area contributed by atoms with Gasteiger partial charge in [0.05, 0.1) is 18.2 Å². The topological polar surface area (TPSA) is 51.1 Å². The number of aryl methyl sites for hydroxylation is 1. The number of aromatic nitrogens is 2. The molecule has 36 heavy (non-hydrogen) atoms. The molecule has 4 aromatic rings. The summed E-state index contributed by atoms with van der Waals surface area (Å²) in [4.78, 5) is 4.80. The number of anilines is 1. The van der Waals surface area contributed by atoms with Gasteiger partial charge in [0, 0.05) is 48.2 Å². The Morgan fingerprint density at radius 1 is 1.03 bits per heavy atom. The molecule has 0 unspecified atom stereocenters.